The summed E-state index contributed by atoms with van der Waals surface area (Å²) in [4.78, 5) is 17.3. The number of thiazole rings is 1. The molecule has 1 aliphatic rings. The molecular weight excluding hydrogens is 270 g/mol. The zero-order valence-electron chi connectivity index (χ0n) is 11.3. The number of nitrogens with one attached hydrogen (secondary N) is 1. The van der Waals surface area contributed by atoms with Gasteiger partial charge in [-0.25, -0.2) is 4.98 Å². The summed E-state index contributed by atoms with van der Waals surface area (Å²) in [7, 11) is 0. The number of anilines is 1. The number of amides is 1. The van der Waals surface area contributed by atoms with Gasteiger partial charge >= 0.3 is 0 Å². The fraction of sp³-hybridized carbons (Fsp3) is 0.333. The van der Waals surface area contributed by atoms with Crippen LogP contribution in [0, 0.1) is 6.92 Å². The van der Waals surface area contributed by atoms with Gasteiger partial charge in [0.05, 0.1) is 5.69 Å². The van der Waals surface area contributed by atoms with Crippen molar-refractivity contribution in [3.05, 3.63) is 46.0 Å². The smallest absolute Gasteiger partial charge is 0.263 e. The molecule has 1 heterocycles. The van der Waals surface area contributed by atoms with Crippen molar-refractivity contribution < 1.29 is 4.79 Å². The quantitative estimate of drug-likeness (QED) is 0.908. The van der Waals surface area contributed by atoms with Crippen molar-refractivity contribution in [2.24, 2.45) is 0 Å². The third kappa shape index (κ3) is 2.67. The molecule has 3 rings (SSSR count). The zero-order chi connectivity index (χ0) is 14.1. The average molecular weight is 287 g/mol. The van der Waals surface area contributed by atoms with E-state index in [-0.39, 0.29) is 5.91 Å². The van der Waals surface area contributed by atoms with Crippen LogP contribution in [-0.2, 0) is 6.54 Å². The summed E-state index contributed by atoms with van der Waals surface area (Å²) in [6, 6.07) is 8.05. The molecule has 0 saturated heterocycles. The van der Waals surface area contributed by atoms with Gasteiger partial charge < -0.3 is 11.1 Å². The first-order valence-electron chi connectivity index (χ1n) is 6.74. The van der Waals surface area contributed by atoms with Crippen LogP contribution in [0.15, 0.2) is 24.3 Å². The maximum atomic E-state index is 12.3. The highest BCUT2D eigenvalue weighted by atomic mass is 32.1. The topological polar surface area (TPSA) is 68.0 Å². The van der Waals surface area contributed by atoms with Gasteiger partial charge in [0.1, 0.15) is 4.88 Å². The van der Waals surface area contributed by atoms with E-state index < -0.39 is 0 Å². The normalized spacial score (nSPS) is 14.2. The highest BCUT2D eigenvalue weighted by Crippen LogP contribution is 2.43. The Morgan fingerprint density at radius 3 is 2.90 bits per heavy atom. The number of nitrogens with zero attached hydrogens (tertiary/aromatic N) is 1. The maximum absolute atomic E-state index is 12.3. The molecule has 1 aliphatic carbocycles. The number of rotatable bonds is 4. The number of nitrogens with two attached hydrogens (primary N) is 1. The lowest BCUT2D eigenvalue weighted by molar-refractivity contribution is 0.0954. The van der Waals surface area contributed by atoms with Crippen LogP contribution in [0.25, 0.3) is 0 Å². The fourth-order valence-electron chi connectivity index (χ4n) is 2.21. The second-order valence-corrected chi connectivity index (χ2v) is 6.18. The highest BCUT2D eigenvalue weighted by Gasteiger charge is 2.31. The third-order valence-corrected chi connectivity index (χ3v) is 4.44. The van der Waals surface area contributed by atoms with Gasteiger partial charge in [0.2, 0.25) is 0 Å². The molecule has 0 spiro atoms. The Morgan fingerprint density at radius 2 is 2.20 bits per heavy atom. The lowest BCUT2D eigenvalue weighted by Gasteiger charge is -2.07. The molecule has 1 amide bonds. The van der Waals surface area contributed by atoms with Crippen molar-refractivity contribution >= 4 is 22.4 Å². The number of nitrogen functional groups attached to an aromatic ring is 1. The largest absolute Gasteiger partial charge is 0.375 e. The predicted molar refractivity (Wildman–Crippen MR) is 80.9 cm³/mol. The summed E-state index contributed by atoms with van der Waals surface area (Å²) in [5, 5.41) is 3.45. The predicted octanol–water partition coefficient (Wildman–Crippen LogP) is 2.84. The van der Waals surface area contributed by atoms with Crippen molar-refractivity contribution in [1.82, 2.24) is 10.3 Å². The van der Waals surface area contributed by atoms with Crippen LogP contribution in [0.2, 0.25) is 0 Å². The molecule has 0 aliphatic heterocycles. The van der Waals surface area contributed by atoms with Gasteiger partial charge in [0.15, 0.2) is 5.13 Å². The Labute approximate surface area is 122 Å². The lowest BCUT2D eigenvalue weighted by Crippen LogP contribution is -2.23. The Kier molecular flexibility index (Phi) is 3.44. The number of benzene rings is 1. The van der Waals surface area contributed by atoms with E-state index in [1.807, 2.05) is 31.2 Å². The minimum Gasteiger partial charge on any atom is -0.375 e. The third-order valence-electron chi connectivity index (χ3n) is 3.54. The van der Waals surface area contributed by atoms with Crippen molar-refractivity contribution in [2.45, 2.75) is 32.2 Å². The van der Waals surface area contributed by atoms with E-state index >= 15 is 0 Å². The summed E-state index contributed by atoms with van der Waals surface area (Å²) >= 11 is 1.28. The van der Waals surface area contributed by atoms with Gasteiger partial charge in [0, 0.05) is 12.5 Å². The number of carbonyl (C=O) groups excluding carboxylic acids is 1. The second-order valence-electron chi connectivity index (χ2n) is 5.15. The van der Waals surface area contributed by atoms with Crippen molar-refractivity contribution in [2.75, 3.05) is 5.73 Å². The van der Waals surface area contributed by atoms with Gasteiger partial charge in [0.25, 0.3) is 5.91 Å². The Balaban J connectivity index is 1.72. The molecule has 2 aromatic rings. The van der Waals surface area contributed by atoms with Crippen LogP contribution in [-0.4, -0.2) is 10.9 Å². The van der Waals surface area contributed by atoms with Crippen molar-refractivity contribution in [3.8, 4) is 0 Å². The van der Waals surface area contributed by atoms with Gasteiger partial charge in [-0.3, -0.25) is 4.79 Å². The molecule has 1 fully saturated rings. The van der Waals surface area contributed by atoms with E-state index in [0.717, 1.165) is 24.1 Å². The molecule has 0 bridgehead atoms. The van der Waals surface area contributed by atoms with Crippen LogP contribution in [0.4, 0.5) is 5.13 Å². The number of hydrogen-bond acceptors (Lipinski definition) is 4. The van der Waals surface area contributed by atoms with E-state index in [2.05, 4.69) is 10.3 Å². The van der Waals surface area contributed by atoms with Crippen LogP contribution < -0.4 is 11.1 Å². The first-order valence-corrected chi connectivity index (χ1v) is 7.55. The summed E-state index contributed by atoms with van der Waals surface area (Å²) < 4.78 is 0. The first kappa shape index (κ1) is 13.1. The minimum atomic E-state index is -0.0654. The molecule has 1 saturated carbocycles. The van der Waals surface area contributed by atoms with E-state index in [1.165, 1.54) is 16.9 Å². The van der Waals surface area contributed by atoms with Crippen molar-refractivity contribution in [1.29, 1.82) is 0 Å². The monoisotopic (exact) mass is 287 g/mol. The molecule has 1 aromatic carbocycles. The van der Waals surface area contributed by atoms with E-state index in [9.17, 15) is 4.79 Å². The van der Waals surface area contributed by atoms with Crippen LogP contribution in [0.3, 0.4) is 0 Å². The zero-order valence-corrected chi connectivity index (χ0v) is 12.2. The first-order chi connectivity index (χ1) is 9.65. The maximum Gasteiger partial charge on any atom is 0.263 e. The highest BCUT2D eigenvalue weighted by molar-refractivity contribution is 7.17. The van der Waals surface area contributed by atoms with Crippen LogP contribution in [0.5, 0.6) is 0 Å². The Bertz CT molecular complexity index is 646. The van der Waals surface area contributed by atoms with E-state index in [1.54, 1.807) is 0 Å². The Morgan fingerprint density at radius 1 is 1.45 bits per heavy atom. The van der Waals surface area contributed by atoms with Gasteiger partial charge in [-0.15, -0.1) is 0 Å². The summed E-state index contributed by atoms with van der Waals surface area (Å²) in [6.45, 7) is 2.58. The van der Waals surface area contributed by atoms with E-state index in [4.69, 9.17) is 5.73 Å². The summed E-state index contributed by atoms with van der Waals surface area (Å²) in [6.07, 6.45) is 2.22. The van der Waals surface area contributed by atoms with Gasteiger partial charge in [-0.2, -0.15) is 0 Å². The summed E-state index contributed by atoms with van der Waals surface area (Å²) in [5.41, 5.74) is 8.94. The standard InChI is InChI=1S/C15H17N3OS/c1-9-4-2-3-5-11(9)8-17-14(19)13-12(10-6-7-10)18-15(16)20-13/h2-5,10H,6-8H2,1H3,(H2,16,18)(H,17,19). The SMILES string of the molecule is Cc1ccccc1CNC(=O)c1sc(N)nc1C1CC1. The molecule has 20 heavy (non-hydrogen) atoms. The molecule has 0 radical (unpaired) electrons. The average Bonchev–Trinajstić information content (AvgIpc) is 3.20. The summed E-state index contributed by atoms with van der Waals surface area (Å²) in [5.74, 6) is 0.368. The van der Waals surface area contributed by atoms with Crippen LogP contribution >= 0.6 is 11.3 Å². The number of aromatic nitrogens is 1. The van der Waals surface area contributed by atoms with Gasteiger partial charge in [-0.05, 0) is 30.9 Å². The van der Waals surface area contributed by atoms with Crippen molar-refractivity contribution in [3.63, 3.8) is 0 Å². The lowest BCUT2D eigenvalue weighted by atomic mass is 10.1. The van der Waals surface area contributed by atoms with Gasteiger partial charge in [-0.1, -0.05) is 35.6 Å². The number of hydrogen-bond donors (Lipinski definition) is 2. The molecule has 1 aromatic heterocycles. The molecule has 5 heteroatoms. The minimum absolute atomic E-state index is 0.0654. The molecule has 4 nitrogen and oxygen atoms in total. The van der Waals surface area contributed by atoms with Crippen LogP contribution in [0.1, 0.15) is 45.3 Å². The number of carbonyl (C=O) groups is 1. The second kappa shape index (κ2) is 5.25. The molecule has 104 valence electrons. The molecular formula is C15H17N3OS. The fourth-order valence-corrected chi connectivity index (χ4v) is 3.04. The molecule has 0 unspecified atom stereocenters. The van der Waals surface area contributed by atoms with E-state index in [0.29, 0.717) is 22.5 Å². The number of aryl methyl sites for hydroxylation is 1. The Hall–Kier alpha value is -1.88. The molecule has 0 atom stereocenters. The molecule has 3 N–H and O–H groups in total.